The third-order valence-corrected chi connectivity index (χ3v) is 8.04. The molecule has 3 saturated heterocycles. The van der Waals surface area contributed by atoms with E-state index in [1.54, 1.807) is 7.11 Å². The van der Waals surface area contributed by atoms with Crippen LogP contribution in [0.1, 0.15) is 47.0 Å². The van der Waals surface area contributed by atoms with Crippen molar-refractivity contribution in [2.75, 3.05) is 27.6 Å². The SMILES string of the molecule is C=C1CC(OC)(C(O)C(=O)CC2OCOC3C2OC(CC(O)CO)C(C)(C)C3OC)OC(C)C1C. The minimum absolute atomic E-state index is 0.0598. The summed E-state index contributed by atoms with van der Waals surface area (Å²) in [6, 6.07) is 0. The summed E-state index contributed by atoms with van der Waals surface area (Å²) in [5, 5.41) is 30.5. The predicted molar refractivity (Wildman–Crippen MR) is 124 cm³/mol. The van der Waals surface area contributed by atoms with E-state index < -0.39 is 66.3 Å². The third kappa shape index (κ3) is 5.51. The van der Waals surface area contributed by atoms with Crippen LogP contribution in [0.3, 0.4) is 0 Å². The van der Waals surface area contributed by atoms with Crippen molar-refractivity contribution in [3.05, 3.63) is 12.2 Å². The number of hydrogen-bond acceptors (Lipinski definition) is 10. The number of ketones is 1. The maximum absolute atomic E-state index is 13.3. The van der Waals surface area contributed by atoms with Gasteiger partial charge < -0.3 is 43.7 Å². The van der Waals surface area contributed by atoms with E-state index in [0.717, 1.165) is 5.57 Å². The summed E-state index contributed by atoms with van der Waals surface area (Å²) in [6.45, 7) is 11.4. The van der Waals surface area contributed by atoms with E-state index >= 15 is 0 Å². The number of rotatable bonds is 9. The molecular formula is C25H42O10. The van der Waals surface area contributed by atoms with Gasteiger partial charge in [-0.2, -0.15) is 0 Å². The summed E-state index contributed by atoms with van der Waals surface area (Å²) in [5.41, 5.74) is 0.284. The van der Waals surface area contributed by atoms with Gasteiger partial charge in [0.15, 0.2) is 11.9 Å². The number of carbonyl (C=O) groups excluding carboxylic acids is 1. The van der Waals surface area contributed by atoms with Crippen molar-refractivity contribution in [1.29, 1.82) is 0 Å². The fourth-order valence-corrected chi connectivity index (χ4v) is 5.51. The Bertz CT molecular complexity index is 757. The number of fused-ring (bicyclic) bond motifs is 1. The smallest absolute Gasteiger partial charge is 0.205 e. The van der Waals surface area contributed by atoms with E-state index in [9.17, 15) is 20.1 Å². The van der Waals surface area contributed by atoms with E-state index in [2.05, 4.69) is 6.58 Å². The normalized spacial score (nSPS) is 41.2. The molecule has 10 unspecified atom stereocenters. The monoisotopic (exact) mass is 502 g/mol. The number of Topliss-reactive ketones (excluding diaryl/α,β-unsaturated/α-hetero) is 1. The van der Waals surface area contributed by atoms with Crippen molar-refractivity contribution in [2.24, 2.45) is 11.3 Å². The fourth-order valence-electron chi connectivity index (χ4n) is 5.51. The minimum atomic E-state index is -1.56. The number of ether oxygens (including phenoxy) is 6. The zero-order chi connectivity index (χ0) is 26.1. The van der Waals surface area contributed by atoms with Gasteiger partial charge in [-0.1, -0.05) is 32.9 Å². The molecule has 3 N–H and O–H groups in total. The van der Waals surface area contributed by atoms with Crippen molar-refractivity contribution in [3.8, 4) is 0 Å². The van der Waals surface area contributed by atoms with Gasteiger partial charge in [-0.15, -0.1) is 0 Å². The van der Waals surface area contributed by atoms with Crippen LogP contribution in [0.25, 0.3) is 0 Å². The van der Waals surface area contributed by atoms with Crippen LogP contribution in [0, 0.1) is 11.3 Å². The first kappa shape index (κ1) is 28.6. The van der Waals surface area contributed by atoms with E-state index in [4.69, 9.17) is 28.4 Å². The van der Waals surface area contributed by atoms with Gasteiger partial charge in [0.1, 0.15) is 19.0 Å². The van der Waals surface area contributed by atoms with Crippen LogP contribution >= 0.6 is 0 Å². The summed E-state index contributed by atoms with van der Waals surface area (Å²) in [7, 11) is 2.98. The van der Waals surface area contributed by atoms with Crippen molar-refractivity contribution in [2.45, 2.75) is 102 Å². The van der Waals surface area contributed by atoms with Gasteiger partial charge in [0.05, 0.1) is 37.1 Å². The molecule has 0 aromatic heterocycles. The lowest BCUT2D eigenvalue weighted by Crippen LogP contribution is -2.66. The second-order valence-electron chi connectivity index (χ2n) is 10.6. The van der Waals surface area contributed by atoms with Crippen molar-refractivity contribution < 1.29 is 48.5 Å². The lowest BCUT2D eigenvalue weighted by molar-refractivity contribution is -0.329. The highest BCUT2D eigenvalue weighted by Gasteiger charge is 2.57. The maximum atomic E-state index is 13.3. The molecule has 0 aromatic carbocycles. The van der Waals surface area contributed by atoms with Gasteiger partial charge in [-0.25, -0.2) is 0 Å². The van der Waals surface area contributed by atoms with Gasteiger partial charge in [0.2, 0.25) is 5.79 Å². The maximum Gasteiger partial charge on any atom is 0.205 e. The van der Waals surface area contributed by atoms with Gasteiger partial charge in [-0.05, 0) is 6.92 Å². The van der Waals surface area contributed by atoms with Crippen LogP contribution in [-0.4, -0.2) is 103 Å². The molecule has 202 valence electrons. The van der Waals surface area contributed by atoms with Crippen molar-refractivity contribution >= 4 is 5.78 Å². The molecule has 3 rings (SSSR count). The Morgan fingerprint density at radius 1 is 1.20 bits per heavy atom. The second-order valence-corrected chi connectivity index (χ2v) is 10.6. The molecule has 3 aliphatic rings. The molecule has 3 aliphatic heterocycles. The average Bonchev–Trinajstić information content (AvgIpc) is 2.82. The minimum Gasteiger partial charge on any atom is -0.394 e. The molecule has 0 saturated carbocycles. The third-order valence-electron chi connectivity index (χ3n) is 8.04. The molecule has 10 nitrogen and oxygen atoms in total. The molecule has 10 atom stereocenters. The Morgan fingerprint density at radius 3 is 2.46 bits per heavy atom. The predicted octanol–water partition coefficient (Wildman–Crippen LogP) is 0.944. The van der Waals surface area contributed by atoms with Crippen molar-refractivity contribution in [3.63, 3.8) is 0 Å². The highest BCUT2D eigenvalue weighted by Crippen LogP contribution is 2.45. The number of methoxy groups -OCH3 is 2. The largest absolute Gasteiger partial charge is 0.394 e. The molecule has 3 heterocycles. The van der Waals surface area contributed by atoms with Crippen LogP contribution in [0.2, 0.25) is 0 Å². The molecule has 0 aliphatic carbocycles. The number of hydrogen-bond donors (Lipinski definition) is 3. The quantitative estimate of drug-likeness (QED) is 0.391. The summed E-state index contributed by atoms with van der Waals surface area (Å²) >= 11 is 0. The van der Waals surface area contributed by atoms with E-state index in [0.29, 0.717) is 0 Å². The summed E-state index contributed by atoms with van der Waals surface area (Å²) in [4.78, 5) is 13.3. The summed E-state index contributed by atoms with van der Waals surface area (Å²) in [5.74, 6) is -1.97. The van der Waals surface area contributed by atoms with Gasteiger partial charge in [0.25, 0.3) is 0 Å². The lowest BCUT2D eigenvalue weighted by Gasteiger charge is -2.54. The van der Waals surface area contributed by atoms with E-state index in [1.165, 1.54) is 7.11 Å². The van der Waals surface area contributed by atoms with E-state index in [-0.39, 0.29) is 38.1 Å². The Balaban J connectivity index is 1.79. The van der Waals surface area contributed by atoms with Gasteiger partial charge in [0, 0.05) is 44.8 Å². The molecule has 35 heavy (non-hydrogen) atoms. The lowest BCUT2D eigenvalue weighted by atomic mass is 9.71. The first-order valence-electron chi connectivity index (χ1n) is 12.2. The number of aliphatic hydroxyl groups excluding tert-OH is 3. The van der Waals surface area contributed by atoms with Gasteiger partial charge in [-0.3, -0.25) is 4.79 Å². The van der Waals surface area contributed by atoms with Crippen LogP contribution < -0.4 is 0 Å². The molecule has 0 bridgehead atoms. The zero-order valence-electron chi connectivity index (χ0n) is 21.6. The molecule has 0 radical (unpaired) electrons. The van der Waals surface area contributed by atoms with Crippen LogP contribution in [0.15, 0.2) is 12.2 Å². The average molecular weight is 503 g/mol. The van der Waals surface area contributed by atoms with Gasteiger partial charge >= 0.3 is 0 Å². The highest BCUT2D eigenvalue weighted by atomic mass is 16.7. The van der Waals surface area contributed by atoms with Crippen LogP contribution in [0.4, 0.5) is 0 Å². The van der Waals surface area contributed by atoms with Crippen molar-refractivity contribution in [1.82, 2.24) is 0 Å². The molecule has 0 spiro atoms. The molecule has 0 aromatic rings. The highest BCUT2D eigenvalue weighted by molar-refractivity contribution is 5.84. The Morgan fingerprint density at radius 2 is 1.89 bits per heavy atom. The number of carbonyl (C=O) groups is 1. The Hall–Kier alpha value is -0.950. The Kier molecular flexibility index (Phi) is 9.16. The topological polar surface area (TPSA) is 133 Å². The molecular weight excluding hydrogens is 460 g/mol. The zero-order valence-corrected chi connectivity index (χ0v) is 21.6. The number of aliphatic hydroxyl groups is 3. The standard InChI is InChI=1S/C25H42O10/c1-13-10-25(31-7,35-15(3)14(13)2)22(29)17(28)9-18-20-21(33-12-32-18)23(30-6)24(4,5)19(34-20)8-16(27)11-26/h14-16,18-23,26-27,29H,1,8-12H2,2-7H3. The molecule has 10 heteroatoms. The molecule has 0 amide bonds. The van der Waals surface area contributed by atoms with E-state index in [1.807, 2.05) is 27.7 Å². The first-order chi connectivity index (χ1) is 16.4. The summed E-state index contributed by atoms with van der Waals surface area (Å²) < 4.78 is 35.3. The fraction of sp³-hybridized carbons (Fsp3) is 0.880. The first-order valence-corrected chi connectivity index (χ1v) is 12.2. The van der Waals surface area contributed by atoms with Crippen LogP contribution in [0.5, 0.6) is 0 Å². The van der Waals surface area contributed by atoms with Crippen LogP contribution in [-0.2, 0) is 33.2 Å². The second kappa shape index (κ2) is 11.2. The summed E-state index contributed by atoms with van der Waals surface area (Å²) in [6.07, 6.45) is -5.46. The Labute approximate surface area is 207 Å². The molecule has 3 fully saturated rings.